The molecule has 1 heterocycles. The lowest BCUT2D eigenvalue weighted by Gasteiger charge is -2.33. The summed E-state index contributed by atoms with van der Waals surface area (Å²) in [6, 6.07) is 0. The molecule has 2 atom stereocenters. The van der Waals surface area contributed by atoms with Gasteiger partial charge in [-0.3, -0.25) is 4.79 Å². The highest BCUT2D eigenvalue weighted by Crippen LogP contribution is 2.43. The summed E-state index contributed by atoms with van der Waals surface area (Å²) in [6.45, 7) is 0.997. The number of carbonyl (C=O) groups excluding carboxylic acids is 2. The third-order valence-electron chi connectivity index (χ3n) is 4.34. The van der Waals surface area contributed by atoms with Gasteiger partial charge in [0.25, 0.3) is 5.91 Å². The lowest BCUT2D eigenvalue weighted by atomic mass is 9.87. The molecule has 0 saturated heterocycles. The van der Waals surface area contributed by atoms with Crippen LogP contribution in [0, 0.1) is 0 Å². The van der Waals surface area contributed by atoms with E-state index in [1.165, 1.54) is 14.2 Å². The van der Waals surface area contributed by atoms with Crippen LogP contribution in [0.1, 0.15) is 25.7 Å². The SMILES string of the molecule is COC(=O)NCCCCCNC(=O)C1=NO[C@]2(C=C(Br)C(OC)=C(Br)[C@@H]2O)C1. The van der Waals surface area contributed by atoms with Crippen molar-refractivity contribution in [1.29, 1.82) is 0 Å². The van der Waals surface area contributed by atoms with Crippen LogP contribution in [0.3, 0.4) is 0 Å². The van der Waals surface area contributed by atoms with E-state index in [0.29, 0.717) is 27.8 Å². The number of allylic oxidation sites excluding steroid dienone is 1. The van der Waals surface area contributed by atoms with Gasteiger partial charge in [-0.1, -0.05) is 5.16 Å². The van der Waals surface area contributed by atoms with Crippen molar-refractivity contribution >= 4 is 49.6 Å². The van der Waals surface area contributed by atoms with E-state index < -0.39 is 17.8 Å². The lowest BCUT2D eigenvalue weighted by molar-refractivity contribution is -0.114. The maximum Gasteiger partial charge on any atom is 0.406 e. The average Bonchev–Trinajstić information content (AvgIpc) is 3.10. The van der Waals surface area contributed by atoms with E-state index in [0.717, 1.165) is 19.3 Å². The molecule has 0 saturated carbocycles. The first kappa shape index (κ1) is 22.7. The minimum Gasteiger partial charge on any atom is -0.495 e. The first-order chi connectivity index (χ1) is 13.3. The fraction of sp³-hybridized carbons (Fsp3) is 0.588. The Kier molecular flexibility index (Phi) is 8.32. The van der Waals surface area contributed by atoms with Crippen molar-refractivity contribution in [3.63, 3.8) is 0 Å². The number of amides is 2. The number of hydrogen-bond donors (Lipinski definition) is 3. The Morgan fingerprint density at radius 2 is 1.96 bits per heavy atom. The fourth-order valence-electron chi connectivity index (χ4n) is 2.81. The average molecular weight is 525 g/mol. The number of ether oxygens (including phenoxy) is 2. The molecule has 0 aromatic rings. The van der Waals surface area contributed by atoms with Gasteiger partial charge in [-0.2, -0.15) is 0 Å². The summed E-state index contributed by atoms with van der Waals surface area (Å²) >= 11 is 6.70. The van der Waals surface area contributed by atoms with Gasteiger partial charge in [-0.05, 0) is 57.2 Å². The third-order valence-corrected chi connectivity index (χ3v) is 5.72. The summed E-state index contributed by atoms with van der Waals surface area (Å²) in [6.07, 6.45) is 2.65. The van der Waals surface area contributed by atoms with Crippen LogP contribution in [0.15, 0.2) is 26.0 Å². The topological polar surface area (TPSA) is 118 Å². The van der Waals surface area contributed by atoms with Crippen molar-refractivity contribution in [1.82, 2.24) is 10.6 Å². The molecule has 1 aliphatic carbocycles. The molecule has 11 heteroatoms. The number of carbonyl (C=O) groups is 2. The molecule has 0 unspecified atom stereocenters. The number of unbranched alkanes of at least 4 members (excludes halogenated alkanes) is 2. The van der Waals surface area contributed by atoms with Crippen molar-refractivity contribution in [2.24, 2.45) is 5.16 Å². The summed E-state index contributed by atoms with van der Waals surface area (Å²) in [5, 5.41) is 19.8. The number of methoxy groups -OCH3 is 2. The van der Waals surface area contributed by atoms with E-state index in [1.807, 2.05) is 0 Å². The van der Waals surface area contributed by atoms with Gasteiger partial charge in [0.1, 0.15) is 17.6 Å². The number of halogens is 2. The molecule has 1 spiro atoms. The summed E-state index contributed by atoms with van der Waals surface area (Å²) in [7, 11) is 2.81. The highest BCUT2D eigenvalue weighted by atomic mass is 79.9. The van der Waals surface area contributed by atoms with Crippen LogP contribution in [-0.2, 0) is 19.1 Å². The Bertz CT molecular complexity index is 709. The van der Waals surface area contributed by atoms with E-state index in [-0.39, 0.29) is 18.0 Å². The predicted octanol–water partition coefficient (Wildman–Crippen LogP) is 2.05. The van der Waals surface area contributed by atoms with Gasteiger partial charge in [0.15, 0.2) is 5.60 Å². The molecular weight excluding hydrogens is 502 g/mol. The second kappa shape index (κ2) is 10.3. The zero-order valence-electron chi connectivity index (χ0n) is 15.6. The lowest BCUT2D eigenvalue weighted by Crippen LogP contribution is -2.45. The number of nitrogens with zero attached hydrogens (tertiary/aromatic N) is 1. The third kappa shape index (κ3) is 5.26. The molecule has 0 bridgehead atoms. The van der Waals surface area contributed by atoms with Crippen LogP contribution in [0.25, 0.3) is 0 Å². The Morgan fingerprint density at radius 3 is 2.61 bits per heavy atom. The first-order valence-electron chi connectivity index (χ1n) is 8.70. The van der Waals surface area contributed by atoms with E-state index >= 15 is 0 Å². The Morgan fingerprint density at radius 1 is 1.29 bits per heavy atom. The summed E-state index contributed by atoms with van der Waals surface area (Å²) in [5.41, 5.74) is -0.949. The number of alkyl carbamates (subject to hydrolysis) is 1. The second-order valence-electron chi connectivity index (χ2n) is 6.27. The summed E-state index contributed by atoms with van der Waals surface area (Å²) in [5.74, 6) is 0.125. The molecule has 1 aliphatic heterocycles. The smallest absolute Gasteiger partial charge is 0.406 e. The number of nitrogens with one attached hydrogen (secondary N) is 2. The quantitative estimate of drug-likeness (QED) is 0.418. The molecule has 0 fully saturated rings. The monoisotopic (exact) mass is 523 g/mol. The Balaban J connectivity index is 1.77. The molecule has 156 valence electrons. The molecule has 2 amide bonds. The zero-order chi connectivity index (χ0) is 20.7. The van der Waals surface area contributed by atoms with Crippen LogP contribution in [0.5, 0.6) is 0 Å². The highest BCUT2D eigenvalue weighted by molar-refractivity contribution is 9.12. The van der Waals surface area contributed by atoms with Crippen molar-refractivity contribution in [3.05, 3.63) is 20.8 Å². The summed E-state index contributed by atoms with van der Waals surface area (Å²) < 4.78 is 10.7. The number of aliphatic hydroxyl groups excluding tert-OH is 1. The van der Waals surface area contributed by atoms with Crippen molar-refractivity contribution in [3.8, 4) is 0 Å². The second-order valence-corrected chi connectivity index (χ2v) is 7.98. The number of hydrogen-bond acceptors (Lipinski definition) is 7. The molecule has 28 heavy (non-hydrogen) atoms. The zero-order valence-corrected chi connectivity index (χ0v) is 18.8. The Labute approximate surface area is 179 Å². The molecule has 2 aliphatic rings. The maximum atomic E-state index is 12.3. The van der Waals surface area contributed by atoms with Crippen molar-refractivity contribution in [2.45, 2.75) is 37.4 Å². The number of aliphatic hydroxyl groups is 1. The largest absolute Gasteiger partial charge is 0.495 e. The molecule has 9 nitrogen and oxygen atoms in total. The summed E-state index contributed by atoms with van der Waals surface area (Å²) in [4.78, 5) is 28.7. The molecule has 0 aromatic heterocycles. The van der Waals surface area contributed by atoms with Gasteiger partial charge >= 0.3 is 6.09 Å². The van der Waals surface area contributed by atoms with Crippen molar-refractivity contribution < 1.29 is 29.0 Å². The Hall–Kier alpha value is -1.59. The maximum absolute atomic E-state index is 12.3. The van der Waals surface area contributed by atoms with Crippen LogP contribution in [0.4, 0.5) is 4.79 Å². The van der Waals surface area contributed by atoms with Gasteiger partial charge in [-0.25, -0.2) is 4.79 Å². The van der Waals surface area contributed by atoms with Gasteiger partial charge in [-0.15, -0.1) is 0 Å². The fourth-order valence-corrected chi connectivity index (χ4v) is 4.60. The van der Waals surface area contributed by atoms with E-state index in [9.17, 15) is 14.7 Å². The number of oxime groups is 1. The number of rotatable bonds is 8. The molecule has 0 radical (unpaired) electrons. The van der Waals surface area contributed by atoms with Crippen LogP contribution >= 0.6 is 31.9 Å². The van der Waals surface area contributed by atoms with Gasteiger partial charge < -0.3 is 30.1 Å². The van der Waals surface area contributed by atoms with Crippen LogP contribution in [0.2, 0.25) is 0 Å². The van der Waals surface area contributed by atoms with E-state index in [1.54, 1.807) is 6.08 Å². The van der Waals surface area contributed by atoms with Crippen molar-refractivity contribution in [2.75, 3.05) is 27.3 Å². The van der Waals surface area contributed by atoms with Crippen LogP contribution < -0.4 is 10.6 Å². The molecular formula is C17H23Br2N3O6. The van der Waals surface area contributed by atoms with Gasteiger partial charge in [0, 0.05) is 19.5 Å². The molecule has 3 N–H and O–H groups in total. The minimum atomic E-state index is -1.16. The first-order valence-corrected chi connectivity index (χ1v) is 10.3. The van der Waals surface area contributed by atoms with Gasteiger partial charge in [0.05, 0.1) is 23.2 Å². The van der Waals surface area contributed by atoms with E-state index in [4.69, 9.17) is 9.57 Å². The molecule has 2 rings (SSSR count). The highest BCUT2D eigenvalue weighted by Gasteiger charge is 2.50. The standard InChI is InChI=1S/C17H23Br2N3O6/c1-26-13-10(18)8-17(14(23)12(13)19)9-11(22-28-17)15(24)20-6-4-3-5-7-21-16(25)27-2/h8,14,23H,3-7,9H2,1-2H3,(H,20,24)(H,21,25)/t14-,17+/m0/s1. The molecule has 0 aromatic carbocycles. The van der Waals surface area contributed by atoms with E-state index in [2.05, 4.69) is 52.4 Å². The van der Waals surface area contributed by atoms with Crippen LogP contribution in [-0.4, -0.2) is 61.8 Å². The van der Waals surface area contributed by atoms with Gasteiger partial charge in [0.2, 0.25) is 0 Å². The normalized spacial score (nSPS) is 23.7. The minimum absolute atomic E-state index is 0.129. The predicted molar refractivity (Wildman–Crippen MR) is 109 cm³/mol.